The number of rotatable bonds is 6. The van der Waals surface area contributed by atoms with Crippen LogP contribution in [0.5, 0.6) is 11.5 Å². The van der Waals surface area contributed by atoms with E-state index in [2.05, 4.69) is 5.32 Å². The van der Waals surface area contributed by atoms with E-state index in [1.165, 1.54) is 0 Å². The highest BCUT2D eigenvalue weighted by Gasteiger charge is 2.29. The Morgan fingerprint density at radius 2 is 1.67 bits per heavy atom. The van der Waals surface area contributed by atoms with Gasteiger partial charge in [-0.1, -0.05) is 48.0 Å². The predicted octanol–water partition coefficient (Wildman–Crippen LogP) is 3.16. The van der Waals surface area contributed by atoms with E-state index >= 15 is 0 Å². The molecule has 5 heteroatoms. The fraction of sp³-hybridized carbons (Fsp3) is 0.240. The fourth-order valence-corrected chi connectivity index (χ4v) is 3.78. The van der Waals surface area contributed by atoms with Crippen LogP contribution >= 0.6 is 0 Å². The van der Waals surface area contributed by atoms with E-state index in [0.29, 0.717) is 19.8 Å². The second kappa shape index (κ2) is 9.01. The number of hydrogen-bond donors (Lipinski definition) is 2. The van der Waals surface area contributed by atoms with Gasteiger partial charge in [0.25, 0.3) is 5.91 Å². The smallest absolute Gasteiger partial charge is 0.287 e. The number of ether oxygens (including phenoxy) is 2. The minimum atomic E-state index is -0.347. The molecule has 3 aromatic carbocycles. The summed E-state index contributed by atoms with van der Waals surface area (Å²) in [5.41, 5.74) is 4.05. The molecule has 30 heavy (non-hydrogen) atoms. The van der Waals surface area contributed by atoms with Gasteiger partial charge in [-0.05, 0) is 37.3 Å². The maximum atomic E-state index is 13.3. The van der Waals surface area contributed by atoms with Gasteiger partial charge in [-0.25, -0.2) is 0 Å². The number of fused-ring (bicyclic) bond motifs is 1. The Bertz CT molecular complexity index is 1000. The van der Waals surface area contributed by atoms with Crippen molar-refractivity contribution in [2.24, 2.45) is 0 Å². The maximum absolute atomic E-state index is 13.3. The number of quaternary nitrogens is 1. The Hall–Kier alpha value is -3.31. The monoisotopic (exact) mass is 403 g/mol. The summed E-state index contributed by atoms with van der Waals surface area (Å²) in [4.78, 5) is 14.4. The molecule has 0 aromatic heterocycles. The zero-order valence-corrected chi connectivity index (χ0v) is 17.4. The number of likely N-dealkylation sites (N-methyl/N-ethyl adjacent to an activating group) is 1. The molecule has 0 saturated carbocycles. The van der Waals surface area contributed by atoms with Gasteiger partial charge in [0.15, 0.2) is 17.5 Å². The largest absolute Gasteiger partial charge is 0.486 e. The van der Waals surface area contributed by atoms with E-state index in [1.54, 1.807) is 0 Å². The van der Waals surface area contributed by atoms with Crippen LogP contribution in [0.4, 0.5) is 5.69 Å². The summed E-state index contributed by atoms with van der Waals surface area (Å²) in [6.07, 6.45) is 0. The van der Waals surface area contributed by atoms with E-state index in [4.69, 9.17) is 9.47 Å². The number of benzene rings is 3. The predicted molar refractivity (Wildman–Crippen MR) is 117 cm³/mol. The van der Waals surface area contributed by atoms with Gasteiger partial charge in [-0.2, -0.15) is 0 Å². The molecular weight excluding hydrogens is 376 g/mol. The third-order valence-electron chi connectivity index (χ3n) is 5.30. The second-order valence-electron chi connectivity index (χ2n) is 7.70. The van der Waals surface area contributed by atoms with E-state index in [9.17, 15) is 4.79 Å². The molecule has 4 rings (SSSR count). The van der Waals surface area contributed by atoms with Gasteiger partial charge >= 0.3 is 0 Å². The van der Waals surface area contributed by atoms with Crippen molar-refractivity contribution in [2.45, 2.75) is 19.5 Å². The Balaban J connectivity index is 1.56. The number of aryl methyl sites for hydroxylation is 1. The Kier molecular flexibility index (Phi) is 6.00. The van der Waals surface area contributed by atoms with Crippen LogP contribution < -0.4 is 19.7 Å². The standard InChI is InChI=1S/C25H26N2O3/c1-18-8-11-21(12-9-18)26-25(28)24(20-6-4-3-5-7-20)27(2)17-19-10-13-22-23(16-19)30-15-14-29-22/h3-13,16,24H,14-15,17H2,1-2H3,(H,26,28)/p+1/t24-/m1/s1. The SMILES string of the molecule is Cc1ccc(NC(=O)[C@@H](c2ccccc2)[NH+](C)Cc2ccc3c(c2)OCCO3)cc1. The first-order valence-corrected chi connectivity index (χ1v) is 10.2. The quantitative estimate of drug-likeness (QED) is 0.665. The van der Waals surface area contributed by atoms with Gasteiger partial charge in [0.2, 0.25) is 0 Å². The molecule has 0 saturated heterocycles. The van der Waals surface area contributed by atoms with Crippen LogP contribution in [0.1, 0.15) is 22.7 Å². The van der Waals surface area contributed by atoms with Crippen molar-refractivity contribution >= 4 is 11.6 Å². The second-order valence-corrected chi connectivity index (χ2v) is 7.70. The van der Waals surface area contributed by atoms with Crippen LogP contribution in [0.15, 0.2) is 72.8 Å². The summed E-state index contributed by atoms with van der Waals surface area (Å²) >= 11 is 0. The molecule has 1 aliphatic rings. The third kappa shape index (κ3) is 4.63. The molecule has 5 nitrogen and oxygen atoms in total. The summed E-state index contributed by atoms with van der Waals surface area (Å²) in [7, 11) is 2.04. The van der Waals surface area contributed by atoms with Gasteiger partial charge in [-0.3, -0.25) is 4.79 Å². The molecule has 1 unspecified atom stereocenters. The van der Waals surface area contributed by atoms with Crippen molar-refractivity contribution in [1.29, 1.82) is 0 Å². The molecule has 0 spiro atoms. The first-order valence-electron chi connectivity index (χ1n) is 10.2. The minimum Gasteiger partial charge on any atom is -0.486 e. The Morgan fingerprint density at radius 3 is 2.40 bits per heavy atom. The molecule has 1 heterocycles. The number of amides is 1. The van der Waals surface area contributed by atoms with Crippen molar-refractivity contribution in [2.75, 3.05) is 25.6 Å². The maximum Gasteiger partial charge on any atom is 0.287 e. The van der Waals surface area contributed by atoms with Crippen LogP contribution in [-0.2, 0) is 11.3 Å². The van der Waals surface area contributed by atoms with Gasteiger partial charge in [0, 0.05) is 16.8 Å². The normalized spacial score (nSPS) is 14.6. The number of anilines is 1. The summed E-state index contributed by atoms with van der Waals surface area (Å²) in [6, 6.07) is 23.4. The highest BCUT2D eigenvalue weighted by Crippen LogP contribution is 2.30. The molecular formula is C25H27N2O3+. The minimum absolute atomic E-state index is 0.0277. The van der Waals surface area contributed by atoms with Crippen LogP contribution in [0.25, 0.3) is 0 Å². The zero-order chi connectivity index (χ0) is 20.9. The fourth-order valence-electron chi connectivity index (χ4n) is 3.78. The lowest BCUT2D eigenvalue weighted by atomic mass is 10.0. The highest BCUT2D eigenvalue weighted by atomic mass is 16.6. The summed E-state index contributed by atoms with van der Waals surface area (Å²) < 4.78 is 11.3. The van der Waals surface area contributed by atoms with E-state index in [-0.39, 0.29) is 11.9 Å². The van der Waals surface area contributed by atoms with Gasteiger partial charge in [0.05, 0.1) is 7.05 Å². The summed E-state index contributed by atoms with van der Waals surface area (Å²) in [6.45, 7) is 3.85. The van der Waals surface area contributed by atoms with Crippen molar-refractivity contribution < 1.29 is 19.2 Å². The lowest BCUT2D eigenvalue weighted by Crippen LogP contribution is -3.09. The van der Waals surface area contributed by atoms with Crippen molar-refractivity contribution in [1.82, 2.24) is 0 Å². The molecule has 0 radical (unpaired) electrons. The van der Waals surface area contributed by atoms with Crippen molar-refractivity contribution in [3.8, 4) is 11.5 Å². The van der Waals surface area contributed by atoms with Gasteiger partial charge in [0.1, 0.15) is 19.8 Å². The zero-order valence-electron chi connectivity index (χ0n) is 17.4. The molecule has 2 atom stereocenters. The van der Waals surface area contributed by atoms with E-state index < -0.39 is 0 Å². The number of nitrogens with one attached hydrogen (secondary N) is 2. The Labute approximate surface area is 177 Å². The molecule has 0 bridgehead atoms. The average Bonchev–Trinajstić information content (AvgIpc) is 2.76. The van der Waals surface area contributed by atoms with Crippen LogP contribution in [0, 0.1) is 6.92 Å². The number of carbonyl (C=O) groups excluding carboxylic acids is 1. The molecule has 154 valence electrons. The molecule has 1 amide bonds. The third-order valence-corrected chi connectivity index (χ3v) is 5.30. The first-order chi connectivity index (χ1) is 14.6. The molecule has 0 aliphatic carbocycles. The molecule has 0 fully saturated rings. The van der Waals surface area contributed by atoms with Crippen molar-refractivity contribution in [3.63, 3.8) is 0 Å². The number of hydrogen-bond acceptors (Lipinski definition) is 3. The summed E-state index contributed by atoms with van der Waals surface area (Å²) in [5, 5.41) is 3.08. The number of carbonyl (C=O) groups is 1. The van der Waals surface area contributed by atoms with Crippen LogP contribution in [0.2, 0.25) is 0 Å². The Morgan fingerprint density at radius 1 is 0.967 bits per heavy atom. The highest BCUT2D eigenvalue weighted by molar-refractivity contribution is 5.94. The lowest BCUT2D eigenvalue weighted by Gasteiger charge is -2.25. The van der Waals surface area contributed by atoms with Gasteiger partial charge < -0.3 is 19.7 Å². The van der Waals surface area contributed by atoms with Gasteiger partial charge in [-0.15, -0.1) is 0 Å². The average molecular weight is 404 g/mol. The summed E-state index contributed by atoms with van der Waals surface area (Å²) in [5.74, 6) is 1.52. The first kappa shape index (κ1) is 20.0. The molecule has 3 aromatic rings. The van der Waals surface area contributed by atoms with Crippen LogP contribution in [0.3, 0.4) is 0 Å². The van der Waals surface area contributed by atoms with Crippen molar-refractivity contribution in [3.05, 3.63) is 89.5 Å². The van der Waals surface area contributed by atoms with Crippen LogP contribution in [-0.4, -0.2) is 26.2 Å². The van der Waals surface area contributed by atoms with E-state index in [1.807, 2.05) is 86.8 Å². The van der Waals surface area contributed by atoms with E-state index in [0.717, 1.165) is 38.8 Å². The molecule has 2 N–H and O–H groups in total. The molecule has 1 aliphatic heterocycles. The lowest BCUT2D eigenvalue weighted by molar-refractivity contribution is -0.915. The topological polar surface area (TPSA) is 52.0 Å².